The molecule has 54 heavy (non-hydrogen) atoms. The van der Waals surface area contributed by atoms with Crippen LogP contribution in [-0.2, 0) is 13.1 Å². The minimum atomic E-state index is -0.244. The fraction of sp³-hybridized carbons (Fsp3) is 0.318. The van der Waals surface area contributed by atoms with Gasteiger partial charge in [0, 0.05) is 134 Å². The van der Waals surface area contributed by atoms with E-state index < -0.39 is 0 Å². The maximum absolute atomic E-state index is 13.3. The fourth-order valence-electron chi connectivity index (χ4n) is 8.95. The molecule has 2 saturated heterocycles. The number of piperazine rings is 2. The minimum Gasteiger partial charge on any atom is -0.368 e. The summed E-state index contributed by atoms with van der Waals surface area (Å²) in [7, 11) is 1.55. The summed E-state index contributed by atoms with van der Waals surface area (Å²) in [6.45, 7) is 11.4. The number of hydrogen-bond acceptors (Lipinski definition) is 8. The molecule has 0 unspecified atom stereocenters. The average molecular weight is 721 g/mol. The summed E-state index contributed by atoms with van der Waals surface area (Å²) in [5.74, 6) is -0.872. The Hall–Kier alpha value is -5.58. The van der Waals surface area contributed by atoms with Gasteiger partial charge in [-0.05, 0) is 53.9 Å². The zero-order valence-electron chi connectivity index (χ0n) is 30.9. The molecule has 0 bridgehead atoms. The van der Waals surface area contributed by atoms with Crippen LogP contribution in [0.3, 0.4) is 0 Å². The average Bonchev–Trinajstić information content (AvgIpc) is 3.20. The first kappa shape index (κ1) is 34.2. The van der Waals surface area contributed by atoms with Crippen LogP contribution in [0.4, 0.5) is 11.4 Å². The Kier molecular flexibility index (Phi) is 8.67. The molecule has 4 amide bonds. The molecule has 5 aromatic rings. The van der Waals surface area contributed by atoms with Crippen molar-refractivity contribution in [2.75, 3.05) is 75.8 Å². The number of amides is 4. The van der Waals surface area contributed by atoms with Crippen molar-refractivity contribution in [3.05, 3.63) is 118 Å². The Morgan fingerprint density at radius 3 is 1.41 bits per heavy atom. The number of carbonyl (C=O) groups excluding carboxylic acids is 4. The first-order valence-electron chi connectivity index (χ1n) is 19.1. The molecule has 274 valence electrons. The zero-order valence-corrected chi connectivity index (χ0v) is 30.9. The van der Waals surface area contributed by atoms with E-state index in [0.717, 1.165) is 105 Å². The number of hydrogen-bond donors (Lipinski definition) is 0. The van der Waals surface area contributed by atoms with Gasteiger partial charge in [0.05, 0.1) is 0 Å². The van der Waals surface area contributed by atoms with Gasteiger partial charge in [0.15, 0.2) is 0 Å². The van der Waals surface area contributed by atoms with Gasteiger partial charge in [-0.15, -0.1) is 0 Å². The zero-order chi connectivity index (χ0) is 37.1. The second-order valence-electron chi connectivity index (χ2n) is 15.0. The number of anilines is 2. The molecule has 0 spiro atoms. The Bertz CT molecular complexity index is 2310. The summed E-state index contributed by atoms with van der Waals surface area (Å²) in [6, 6.07) is 28.5. The normalized spacial score (nSPS) is 18.1. The van der Waals surface area contributed by atoms with Crippen molar-refractivity contribution in [2.24, 2.45) is 0 Å². The standard InChI is InChI=1S/C44H44N6O4/c1-3-17-50-43(53)34-12-6-10-32-38(16-14-36(40(32)34)44(50)54)49-24-20-47(21-25-49)28-30-8-4-7-29(26-30)27-46-18-22-48(23-19-46)37-15-13-35-39-31(37)9-5-11-33(39)41(51)45(2)42(35)52/h4-16,26H,3,17-25,27-28H2,1-2H3. The molecular formula is C44H44N6O4. The molecule has 5 aromatic carbocycles. The van der Waals surface area contributed by atoms with Gasteiger partial charge in [0.2, 0.25) is 0 Å². The van der Waals surface area contributed by atoms with E-state index in [1.54, 1.807) is 7.05 Å². The summed E-state index contributed by atoms with van der Waals surface area (Å²) in [6.07, 6.45) is 0.734. The van der Waals surface area contributed by atoms with Crippen molar-refractivity contribution in [2.45, 2.75) is 26.4 Å². The van der Waals surface area contributed by atoms with Gasteiger partial charge in [0.1, 0.15) is 0 Å². The van der Waals surface area contributed by atoms with E-state index >= 15 is 0 Å². The quantitative estimate of drug-likeness (QED) is 0.184. The summed E-state index contributed by atoms with van der Waals surface area (Å²) in [5, 5.41) is 3.51. The second kappa shape index (κ2) is 13.7. The third kappa shape index (κ3) is 5.72. The lowest BCUT2D eigenvalue weighted by Gasteiger charge is -2.38. The summed E-state index contributed by atoms with van der Waals surface area (Å²) < 4.78 is 0. The highest BCUT2D eigenvalue weighted by Crippen LogP contribution is 2.38. The van der Waals surface area contributed by atoms with Crippen LogP contribution in [0.2, 0.25) is 0 Å². The van der Waals surface area contributed by atoms with Crippen molar-refractivity contribution in [1.29, 1.82) is 0 Å². The largest absolute Gasteiger partial charge is 0.368 e. The van der Waals surface area contributed by atoms with E-state index in [-0.39, 0.29) is 23.6 Å². The molecule has 2 fully saturated rings. The summed E-state index contributed by atoms with van der Waals surface area (Å²) in [5.41, 5.74) is 7.22. The summed E-state index contributed by atoms with van der Waals surface area (Å²) >= 11 is 0. The van der Waals surface area contributed by atoms with Crippen LogP contribution >= 0.6 is 0 Å². The molecule has 4 aliphatic heterocycles. The highest BCUT2D eigenvalue weighted by molar-refractivity contribution is 6.27. The Balaban J connectivity index is 0.825. The van der Waals surface area contributed by atoms with E-state index in [9.17, 15) is 19.2 Å². The van der Waals surface area contributed by atoms with E-state index in [0.29, 0.717) is 28.8 Å². The van der Waals surface area contributed by atoms with E-state index in [2.05, 4.69) is 49.9 Å². The Morgan fingerprint density at radius 1 is 0.500 bits per heavy atom. The van der Waals surface area contributed by atoms with Gasteiger partial charge in [-0.25, -0.2) is 0 Å². The van der Waals surface area contributed by atoms with Crippen LogP contribution in [-0.4, -0.2) is 109 Å². The lowest BCUT2D eigenvalue weighted by molar-refractivity contribution is 0.0605. The molecule has 0 saturated carbocycles. The van der Waals surface area contributed by atoms with Crippen LogP contribution in [0.5, 0.6) is 0 Å². The van der Waals surface area contributed by atoms with Crippen molar-refractivity contribution in [1.82, 2.24) is 19.6 Å². The molecule has 4 aliphatic rings. The van der Waals surface area contributed by atoms with Crippen molar-refractivity contribution in [3.63, 3.8) is 0 Å². The molecule has 0 aromatic heterocycles. The number of rotatable bonds is 8. The van der Waals surface area contributed by atoms with E-state index in [4.69, 9.17) is 0 Å². The monoisotopic (exact) mass is 720 g/mol. The van der Waals surface area contributed by atoms with Crippen molar-refractivity contribution < 1.29 is 19.2 Å². The topological polar surface area (TPSA) is 87.7 Å². The maximum atomic E-state index is 13.3. The predicted octanol–water partition coefficient (Wildman–Crippen LogP) is 5.87. The lowest BCUT2D eigenvalue weighted by Crippen LogP contribution is -2.46. The molecular weight excluding hydrogens is 677 g/mol. The van der Waals surface area contributed by atoms with Crippen LogP contribution in [0.15, 0.2) is 84.9 Å². The molecule has 0 atom stereocenters. The second-order valence-corrected chi connectivity index (χ2v) is 15.0. The first-order valence-corrected chi connectivity index (χ1v) is 19.1. The molecule has 0 N–H and O–H groups in total. The highest BCUT2D eigenvalue weighted by atomic mass is 16.2. The lowest BCUT2D eigenvalue weighted by atomic mass is 9.92. The summed E-state index contributed by atoms with van der Waals surface area (Å²) in [4.78, 5) is 64.7. The van der Waals surface area contributed by atoms with Crippen molar-refractivity contribution >= 4 is 56.5 Å². The van der Waals surface area contributed by atoms with Crippen molar-refractivity contribution in [3.8, 4) is 0 Å². The molecule has 0 aliphatic carbocycles. The third-order valence-electron chi connectivity index (χ3n) is 11.7. The SMILES string of the molecule is CCCN1C(=O)c2cccc3c(N4CCN(Cc5cccc(CN6CCN(c7ccc8c9c(cccc79)C(=O)N(C)C8=O)CC6)c5)CC4)ccc(c23)C1=O. The molecule has 9 rings (SSSR count). The van der Waals surface area contributed by atoms with Gasteiger partial charge in [0.25, 0.3) is 23.6 Å². The van der Waals surface area contributed by atoms with Gasteiger partial charge in [-0.2, -0.15) is 0 Å². The van der Waals surface area contributed by atoms with Gasteiger partial charge in [-0.3, -0.25) is 38.8 Å². The van der Waals surface area contributed by atoms with Gasteiger partial charge in [-0.1, -0.05) is 55.5 Å². The minimum absolute atomic E-state index is 0.192. The Morgan fingerprint density at radius 2 is 0.926 bits per heavy atom. The molecule has 4 heterocycles. The molecule has 10 heteroatoms. The number of nitrogens with zero attached hydrogens (tertiary/aromatic N) is 6. The fourth-order valence-corrected chi connectivity index (χ4v) is 8.95. The number of imide groups is 2. The molecule has 10 nitrogen and oxygen atoms in total. The number of benzene rings is 5. The first-order chi connectivity index (χ1) is 26.3. The van der Waals surface area contributed by atoms with Gasteiger partial charge >= 0.3 is 0 Å². The van der Waals surface area contributed by atoms with E-state index in [1.807, 2.05) is 61.5 Å². The smallest absolute Gasteiger partial charge is 0.261 e. The Labute approximate surface area is 315 Å². The maximum Gasteiger partial charge on any atom is 0.261 e. The van der Waals surface area contributed by atoms with Crippen LogP contribution in [0.25, 0.3) is 21.5 Å². The van der Waals surface area contributed by atoms with Crippen LogP contribution < -0.4 is 9.80 Å². The molecule has 0 radical (unpaired) electrons. The van der Waals surface area contributed by atoms with Crippen LogP contribution in [0, 0.1) is 0 Å². The number of carbonyl (C=O) groups is 4. The van der Waals surface area contributed by atoms with Crippen LogP contribution in [0.1, 0.15) is 65.9 Å². The van der Waals surface area contributed by atoms with E-state index in [1.165, 1.54) is 20.9 Å². The highest BCUT2D eigenvalue weighted by Gasteiger charge is 2.34. The predicted molar refractivity (Wildman–Crippen MR) is 211 cm³/mol. The third-order valence-corrected chi connectivity index (χ3v) is 11.7. The van der Waals surface area contributed by atoms with Gasteiger partial charge < -0.3 is 9.80 Å².